The first-order valence-electron chi connectivity index (χ1n) is 7.74. The van der Waals surface area contributed by atoms with Crippen molar-refractivity contribution in [3.63, 3.8) is 0 Å². The standard InChI is InChI=1S/2C11H9O/c2*1-8-2-3-9-4-5-11(12)7-10(9)6-8/h2*2-6,12H,1H3. The number of hydrogen-bond donors (Lipinski definition) is 2. The molecule has 0 aromatic heterocycles. The first-order chi connectivity index (χ1) is 11.5. The van der Waals surface area contributed by atoms with Crippen LogP contribution >= 0.6 is 0 Å². The summed E-state index contributed by atoms with van der Waals surface area (Å²) in [6.45, 7) is 4.05. The molecule has 4 aromatic carbocycles. The van der Waals surface area contributed by atoms with Crippen molar-refractivity contribution in [2.75, 3.05) is 0 Å². The Morgan fingerprint density at radius 2 is 0.958 bits per heavy atom. The van der Waals surface area contributed by atoms with Gasteiger partial charge in [0, 0.05) is 12.1 Å². The molecule has 0 fully saturated rings. The van der Waals surface area contributed by atoms with Crippen LogP contribution in [0.4, 0.5) is 0 Å². The molecule has 4 rings (SSSR count). The third-order valence-corrected chi connectivity index (χ3v) is 3.78. The van der Waals surface area contributed by atoms with Crippen molar-refractivity contribution in [3.8, 4) is 11.5 Å². The monoisotopic (exact) mass is 314 g/mol. The molecule has 24 heavy (non-hydrogen) atoms. The van der Waals surface area contributed by atoms with Crippen LogP contribution in [0, 0.1) is 26.0 Å². The minimum absolute atomic E-state index is 0.202. The van der Waals surface area contributed by atoms with E-state index in [1.54, 1.807) is 12.1 Å². The molecule has 0 aliphatic heterocycles. The molecule has 0 unspecified atom stereocenters. The Hall–Kier alpha value is -3.00. The Kier molecular flexibility index (Phi) is 4.39. The van der Waals surface area contributed by atoms with E-state index in [2.05, 4.69) is 12.1 Å². The van der Waals surface area contributed by atoms with Gasteiger partial charge in [0.1, 0.15) is 11.5 Å². The summed E-state index contributed by atoms with van der Waals surface area (Å²) in [6.07, 6.45) is 0. The van der Waals surface area contributed by atoms with E-state index in [9.17, 15) is 0 Å². The summed E-state index contributed by atoms with van der Waals surface area (Å²) < 4.78 is 0. The minimum atomic E-state index is 0.202. The molecule has 2 radical (unpaired) electrons. The fourth-order valence-electron chi connectivity index (χ4n) is 2.54. The van der Waals surface area contributed by atoms with Crippen molar-refractivity contribution >= 4 is 21.5 Å². The van der Waals surface area contributed by atoms with Gasteiger partial charge in [0.25, 0.3) is 0 Å². The number of phenols is 2. The summed E-state index contributed by atoms with van der Waals surface area (Å²) in [5.74, 6) is 0.404. The van der Waals surface area contributed by atoms with Crippen LogP contribution in [0.2, 0.25) is 0 Å². The summed E-state index contributed by atoms with van der Waals surface area (Å²) in [7, 11) is 0. The maximum absolute atomic E-state index is 9.17. The SMILES string of the molecule is Cc1ccc2ccc(O)[c]c2c1.Cc1ccc2ccc(O)[c]c2c1. The van der Waals surface area contributed by atoms with Gasteiger partial charge < -0.3 is 10.2 Å². The normalized spacial score (nSPS) is 10.4. The Bertz CT molecular complexity index is 846. The van der Waals surface area contributed by atoms with Crippen molar-refractivity contribution in [2.45, 2.75) is 13.8 Å². The lowest BCUT2D eigenvalue weighted by molar-refractivity contribution is 0.474. The van der Waals surface area contributed by atoms with E-state index < -0.39 is 0 Å². The Balaban J connectivity index is 0.000000141. The van der Waals surface area contributed by atoms with E-state index in [-0.39, 0.29) is 11.5 Å². The van der Waals surface area contributed by atoms with Crippen LogP contribution in [0.25, 0.3) is 21.5 Å². The molecule has 4 aromatic rings. The van der Waals surface area contributed by atoms with Crippen LogP contribution in [0.5, 0.6) is 11.5 Å². The number of fused-ring (bicyclic) bond motifs is 2. The predicted octanol–water partition coefficient (Wildman–Crippen LogP) is 5.31. The fourth-order valence-corrected chi connectivity index (χ4v) is 2.54. The van der Waals surface area contributed by atoms with Gasteiger partial charge >= 0.3 is 0 Å². The molecule has 2 N–H and O–H groups in total. The van der Waals surface area contributed by atoms with Crippen LogP contribution in [0.3, 0.4) is 0 Å². The highest BCUT2D eigenvalue weighted by atomic mass is 16.3. The second-order valence-electron chi connectivity index (χ2n) is 5.87. The van der Waals surface area contributed by atoms with Gasteiger partial charge in [0.05, 0.1) is 0 Å². The summed E-state index contributed by atoms with van der Waals surface area (Å²) in [4.78, 5) is 0. The van der Waals surface area contributed by atoms with E-state index in [0.717, 1.165) is 21.5 Å². The van der Waals surface area contributed by atoms with E-state index in [4.69, 9.17) is 10.2 Å². The van der Waals surface area contributed by atoms with E-state index in [1.807, 2.05) is 62.4 Å². The van der Waals surface area contributed by atoms with E-state index >= 15 is 0 Å². The summed E-state index contributed by atoms with van der Waals surface area (Å²) in [5.41, 5.74) is 2.37. The van der Waals surface area contributed by atoms with Crippen LogP contribution in [0.1, 0.15) is 11.1 Å². The molecule has 0 aliphatic carbocycles. The number of hydrogen-bond acceptors (Lipinski definition) is 2. The van der Waals surface area contributed by atoms with Gasteiger partial charge in [-0.15, -0.1) is 0 Å². The quantitative estimate of drug-likeness (QED) is 0.462. The summed E-state index contributed by atoms with van der Waals surface area (Å²) in [6, 6.07) is 25.0. The number of aryl methyl sites for hydroxylation is 2. The Morgan fingerprint density at radius 1 is 0.583 bits per heavy atom. The second kappa shape index (κ2) is 6.63. The van der Waals surface area contributed by atoms with Crippen molar-refractivity contribution < 1.29 is 10.2 Å². The lowest BCUT2D eigenvalue weighted by Gasteiger charge is -1.98. The van der Waals surface area contributed by atoms with Crippen molar-refractivity contribution in [2.24, 2.45) is 0 Å². The zero-order valence-electron chi connectivity index (χ0n) is 13.7. The fraction of sp³-hybridized carbons (Fsp3) is 0.0909. The molecule has 0 bridgehead atoms. The maximum Gasteiger partial charge on any atom is 0.124 e. The molecule has 0 saturated heterocycles. The third-order valence-electron chi connectivity index (χ3n) is 3.78. The molecule has 0 saturated carbocycles. The van der Waals surface area contributed by atoms with Crippen LogP contribution in [0.15, 0.2) is 60.7 Å². The van der Waals surface area contributed by atoms with Crippen molar-refractivity contribution in [3.05, 3.63) is 83.9 Å². The van der Waals surface area contributed by atoms with Gasteiger partial charge in [0.15, 0.2) is 0 Å². The molecule has 0 amide bonds. The molecule has 2 nitrogen and oxygen atoms in total. The lowest BCUT2D eigenvalue weighted by Crippen LogP contribution is -1.75. The maximum atomic E-state index is 9.17. The van der Waals surface area contributed by atoms with Gasteiger partial charge in [0.2, 0.25) is 0 Å². The first kappa shape index (κ1) is 15.9. The average Bonchev–Trinajstić information content (AvgIpc) is 2.54. The van der Waals surface area contributed by atoms with Gasteiger partial charge in [-0.2, -0.15) is 0 Å². The second-order valence-corrected chi connectivity index (χ2v) is 5.87. The predicted molar refractivity (Wildman–Crippen MR) is 98.4 cm³/mol. The smallest absolute Gasteiger partial charge is 0.124 e. The highest BCUT2D eigenvalue weighted by Crippen LogP contribution is 2.20. The van der Waals surface area contributed by atoms with Crippen LogP contribution < -0.4 is 0 Å². The zero-order chi connectivity index (χ0) is 17.1. The summed E-state index contributed by atoms with van der Waals surface area (Å²) in [5, 5.41) is 22.5. The molecule has 2 heteroatoms. The number of aromatic hydroxyl groups is 2. The molecule has 0 spiro atoms. The van der Waals surface area contributed by atoms with Crippen LogP contribution in [-0.2, 0) is 0 Å². The molecular weight excluding hydrogens is 296 g/mol. The average molecular weight is 314 g/mol. The third kappa shape index (κ3) is 3.66. The lowest BCUT2D eigenvalue weighted by atomic mass is 10.1. The van der Waals surface area contributed by atoms with Gasteiger partial charge in [-0.1, -0.05) is 59.7 Å². The highest BCUT2D eigenvalue weighted by molar-refractivity contribution is 5.84. The van der Waals surface area contributed by atoms with Crippen molar-refractivity contribution in [1.29, 1.82) is 0 Å². The van der Waals surface area contributed by atoms with E-state index in [0.29, 0.717) is 0 Å². The van der Waals surface area contributed by atoms with Gasteiger partial charge in [-0.25, -0.2) is 0 Å². The molecule has 0 atom stereocenters. The summed E-state index contributed by atoms with van der Waals surface area (Å²) >= 11 is 0. The topological polar surface area (TPSA) is 40.5 Å². The van der Waals surface area contributed by atoms with Crippen LogP contribution in [-0.4, -0.2) is 10.2 Å². The van der Waals surface area contributed by atoms with Gasteiger partial charge in [-0.05, 0) is 47.5 Å². The number of rotatable bonds is 0. The Labute approximate surface area is 141 Å². The Morgan fingerprint density at radius 3 is 1.38 bits per heavy atom. The number of benzene rings is 4. The molecule has 0 aliphatic rings. The molecule has 0 heterocycles. The van der Waals surface area contributed by atoms with E-state index in [1.165, 1.54) is 11.1 Å². The molecular formula is C22H18O2. The van der Waals surface area contributed by atoms with Gasteiger partial charge in [-0.3, -0.25) is 0 Å². The van der Waals surface area contributed by atoms with Crippen molar-refractivity contribution in [1.82, 2.24) is 0 Å². The highest BCUT2D eigenvalue weighted by Gasteiger charge is 1.95. The minimum Gasteiger partial charge on any atom is -0.507 e. The molecule has 118 valence electrons. The number of phenolic OH excluding ortho intramolecular Hbond substituents is 2. The zero-order valence-corrected chi connectivity index (χ0v) is 13.7. The first-order valence-corrected chi connectivity index (χ1v) is 7.74. The largest absolute Gasteiger partial charge is 0.507 e.